The van der Waals surface area contributed by atoms with E-state index in [2.05, 4.69) is 32.2 Å². The van der Waals surface area contributed by atoms with Crippen molar-refractivity contribution in [2.24, 2.45) is 0 Å². The first-order valence-electron chi connectivity index (χ1n) is 6.86. The molecule has 1 aromatic carbocycles. The number of ether oxygens (including phenoxy) is 1. The summed E-state index contributed by atoms with van der Waals surface area (Å²) in [7, 11) is 0. The number of unbranched alkanes of at least 4 members (excludes halogenated alkanes) is 1. The fraction of sp³-hybridized carbons (Fsp3) is 0.600. The minimum Gasteiger partial charge on any atom is -0.398 e. The van der Waals surface area contributed by atoms with Crippen LogP contribution in [-0.4, -0.2) is 19.8 Å². The summed E-state index contributed by atoms with van der Waals surface area (Å²) in [5, 5.41) is 3.36. The molecular formula is C15H26N2O. The molecule has 0 aliphatic rings. The van der Waals surface area contributed by atoms with Gasteiger partial charge in [-0.2, -0.15) is 0 Å². The molecule has 18 heavy (non-hydrogen) atoms. The van der Waals surface area contributed by atoms with Crippen LogP contribution in [0.1, 0.15) is 45.1 Å². The Hall–Kier alpha value is -1.22. The van der Waals surface area contributed by atoms with Crippen molar-refractivity contribution in [3.63, 3.8) is 0 Å². The second-order valence-electron chi connectivity index (χ2n) is 4.89. The SMILES string of the molecule is CCCCOCCNc1ccc(N)c(C(C)C)c1. The van der Waals surface area contributed by atoms with E-state index in [9.17, 15) is 0 Å². The van der Waals surface area contributed by atoms with E-state index < -0.39 is 0 Å². The highest BCUT2D eigenvalue weighted by molar-refractivity contribution is 5.58. The predicted octanol–water partition coefficient (Wildman–Crippen LogP) is 3.62. The molecule has 1 aromatic rings. The Balaban J connectivity index is 2.36. The van der Waals surface area contributed by atoms with Crippen molar-refractivity contribution in [2.45, 2.75) is 39.5 Å². The van der Waals surface area contributed by atoms with Gasteiger partial charge in [0.2, 0.25) is 0 Å². The highest BCUT2D eigenvalue weighted by Crippen LogP contribution is 2.24. The number of hydrogen-bond donors (Lipinski definition) is 2. The first kappa shape index (κ1) is 14.8. The molecule has 0 fully saturated rings. The van der Waals surface area contributed by atoms with Crippen LogP contribution in [0, 0.1) is 0 Å². The maximum atomic E-state index is 5.95. The largest absolute Gasteiger partial charge is 0.398 e. The lowest BCUT2D eigenvalue weighted by atomic mass is 10.0. The zero-order chi connectivity index (χ0) is 13.4. The zero-order valence-corrected chi connectivity index (χ0v) is 11.8. The van der Waals surface area contributed by atoms with Crippen molar-refractivity contribution in [3.8, 4) is 0 Å². The van der Waals surface area contributed by atoms with Gasteiger partial charge in [-0.25, -0.2) is 0 Å². The van der Waals surface area contributed by atoms with Crippen LogP contribution >= 0.6 is 0 Å². The van der Waals surface area contributed by atoms with E-state index in [1.807, 2.05) is 12.1 Å². The molecule has 0 bridgehead atoms. The van der Waals surface area contributed by atoms with Gasteiger partial charge in [0, 0.05) is 24.5 Å². The highest BCUT2D eigenvalue weighted by atomic mass is 16.5. The van der Waals surface area contributed by atoms with E-state index in [1.54, 1.807) is 0 Å². The van der Waals surface area contributed by atoms with Crippen LogP contribution in [0.25, 0.3) is 0 Å². The van der Waals surface area contributed by atoms with E-state index in [0.717, 1.165) is 37.6 Å². The summed E-state index contributed by atoms with van der Waals surface area (Å²) in [5.41, 5.74) is 9.14. The standard InChI is InChI=1S/C15H26N2O/c1-4-5-9-18-10-8-17-13-6-7-15(16)14(11-13)12(2)3/h6-7,11-12,17H,4-5,8-10,16H2,1-3H3. The smallest absolute Gasteiger partial charge is 0.0639 e. The maximum absolute atomic E-state index is 5.95. The number of anilines is 2. The van der Waals surface area contributed by atoms with Crippen LogP contribution in [0.3, 0.4) is 0 Å². The Morgan fingerprint density at radius 1 is 1.28 bits per heavy atom. The van der Waals surface area contributed by atoms with Crippen LogP contribution in [0.2, 0.25) is 0 Å². The van der Waals surface area contributed by atoms with Gasteiger partial charge in [0.25, 0.3) is 0 Å². The van der Waals surface area contributed by atoms with Crippen molar-refractivity contribution in [1.82, 2.24) is 0 Å². The lowest BCUT2D eigenvalue weighted by Gasteiger charge is -2.13. The van der Waals surface area contributed by atoms with E-state index in [1.165, 1.54) is 12.0 Å². The topological polar surface area (TPSA) is 47.3 Å². The minimum absolute atomic E-state index is 0.451. The van der Waals surface area contributed by atoms with Gasteiger partial charge < -0.3 is 15.8 Å². The number of hydrogen-bond acceptors (Lipinski definition) is 3. The quantitative estimate of drug-likeness (QED) is 0.547. The van der Waals surface area contributed by atoms with Crippen LogP contribution in [0.15, 0.2) is 18.2 Å². The van der Waals surface area contributed by atoms with E-state index in [-0.39, 0.29) is 0 Å². The molecule has 0 saturated carbocycles. The first-order valence-corrected chi connectivity index (χ1v) is 6.86. The van der Waals surface area contributed by atoms with Crippen molar-refractivity contribution in [3.05, 3.63) is 23.8 Å². The lowest BCUT2D eigenvalue weighted by Crippen LogP contribution is -2.10. The van der Waals surface area contributed by atoms with Gasteiger partial charge in [-0.15, -0.1) is 0 Å². The van der Waals surface area contributed by atoms with Gasteiger partial charge in [-0.05, 0) is 36.1 Å². The number of nitrogens with one attached hydrogen (secondary N) is 1. The molecule has 0 heterocycles. The number of rotatable bonds is 8. The second-order valence-corrected chi connectivity index (χ2v) is 4.89. The molecule has 0 spiro atoms. The van der Waals surface area contributed by atoms with Crippen molar-refractivity contribution < 1.29 is 4.74 Å². The molecule has 0 amide bonds. The molecule has 0 radical (unpaired) electrons. The third-order valence-electron chi connectivity index (χ3n) is 2.93. The summed E-state index contributed by atoms with van der Waals surface area (Å²) in [4.78, 5) is 0. The molecule has 102 valence electrons. The molecule has 3 N–H and O–H groups in total. The van der Waals surface area contributed by atoms with Crippen LogP contribution in [0.4, 0.5) is 11.4 Å². The highest BCUT2D eigenvalue weighted by Gasteiger charge is 2.04. The Labute approximate surface area is 111 Å². The summed E-state index contributed by atoms with van der Waals surface area (Å²) in [6.45, 7) is 8.93. The van der Waals surface area contributed by atoms with Crippen molar-refractivity contribution in [2.75, 3.05) is 30.8 Å². The third-order valence-corrected chi connectivity index (χ3v) is 2.93. The van der Waals surface area contributed by atoms with Crippen LogP contribution in [-0.2, 0) is 4.74 Å². The Bertz CT molecular complexity index is 350. The molecule has 0 atom stereocenters. The summed E-state index contributed by atoms with van der Waals surface area (Å²) >= 11 is 0. The molecular weight excluding hydrogens is 224 g/mol. The Kier molecular flexibility index (Phi) is 6.58. The molecule has 0 aromatic heterocycles. The normalized spacial score (nSPS) is 10.9. The van der Waals surface area contributed by atoms with Gasteiger partial charge in [0.05, 0.1) is 6.61 Å². The van der Waals surface area contributed by atoms with E-state index in [0.29, 0.717) is 5.92 Å². The second kappa shape index (κ2) is 7.98. The Morgan fingerprint density at radius 2 is 2.06 bits per heavy atom. The van der Waals surface area contributed by atoms with Gasteiger partial charge in [-0.3, -0.25) is 0 Å². The Morgan fingerprint density at radius 3 is 2.72 bits per heavy atom. The van der Waals surface area contributed by atoms with Gasteiger partial charge in [0.15, 0.2) is 0 Å². The first-order chi connectivity index (χ1) is 8.65. The molecule has 3 heteroatoms. The fourth-order valence-corrected chi connectivity index (χ4v) is 1.80. The molecule has 0 aliphatic heterocycles. The van der Waals surface area contributed by atoms with Gasteiger partial charge in [-0.1, -0.05) is 27.2 Å². The molecule has 1 rings (SSSR count). The minimum atomic E-state index is 0.451. The van der Waals surface area contributed by atoms with Crippen molar-refractivity contribution in [1.29, 1.82) is 0 Å². The average Bonchev–Trinajstić information content (AvgIpc) is 2.35. The molecule has 3 nitrogen and oxygen atoms in total. The van der Waals surface area contributed by atoms with Gasteiger partial charge >= 0.3 is 0 Å². The third kappa shape index (κ3) is 4.96. The number of nitrogen functional groups attached to an aromatic ring is 1. The van der Waals surface area contributed by atoms with Gasteiger partial charge in [0.1, 0.15) is 0 Å². The average molecular weight is 250 g/mol. The molecule has 0 unspecified atom stereocenters. The molecule has 0 saturated heterocycles. The fourth-order valence-electron chi connectivity index (χ4n) is 1.80. The lowest BCUT2D eigenvalue weighted by molar-refractivity contribution is 0.141. The zero-order valence-electron chi connectivity index (χ0n) is 11.8. The van der Waals surface area contributed by atoms with Crippen molar-refractivity contribution >= 4 is 11.4 Å². The van der Waals surface area contributed by atoms with E-state index >= 15 is 0 Å². The summed E-state index contributed by atoms with van der Waals surface area (Å²) in [6.07, 6.45) is 2.32. The summed E-state index contributed by atoms with van der Waals surface area (Å²) < 4.78 is 5.51. The predicted molar refractivity (Wildman–Crippen MR) is 79.2 cm³/mol. The van der Waals surface area contributed by atoms with Crippen LogP contribution in [0.5, 0.6) is 0 Å². The maximum Gasteiger partial charge on any atom is 0.0639 e. The number of nitrogens with two attached hydrogens (primary N) is 1. The summed E-state index contributed by atoms with van der Waals surface area (Å²) in [6, 6.07) is 6.12. The summed E-state index contributed by atoms with van der Waals surface area (Å²) in [5.74, 6) is 0.451. The van der Waals surface area contributed by atoms with Crippen LogP contribution < -0.4 is 11.1 Å². The monoisotopic (exact) mass is 250 g/mol. The number of benzene rings is 1. The van der Waals surface area contributed by atoms with E-state index in [4.69, 9.17) is 10.5 Å². The molecule has 0 aliphatic carbocycles.